The summed E-state index contributed by atoms with van der Waals surface area (Å²) >= 11 is 0. The maximum atomic E-state index is 11.7. The normalized spacial score (nSPS) is 13.8. The van der Waals surface area contributed by atoms with Gasteiger partial charge in [0.05, 0.1) is 22.2 Å². The molecule has 0 aromatic heterocycles. The molecule has 0 saturated carbocycles. The molecular weight excluding hydrogens is 729 g/mol. The smallest absolute Gasteiger partial charge is 0.303 e. The van der Waals surface area contributed by atoms with Crippen molar-refractivity contribution in [1.29, 1.82) is 0 Å². The molecule has 0 amide bonds. The third-order valence-corrected chi connectivity index (χ3v) is 9.98. The lowest BCUT2D eigenvalue weighted by atomic mass is 10.1. The van der Waals surface area contributed by atoms with Gasteiger partial charge < -0.3 is 10.0 Å². The van der Waals surface area contributed by atoms with Gasteiger partial charge in [-0.2, -0.15) is 33.7 Å². The first-order valence-electron chi connectivity index (χ1n) is 15.1. The van der Waals surface area contributed by atoms with E-state index in [1.807, 2.05) is 0 Å². The van der Waals surface area contributed by atoms with E-state index < -0.39 is 63.7 Å². The van der Waals surface area contributed by atoms with E-state index in [-0.39, 0.29) is 50.0 Å². The predicted octanol–water partition coefficient (Wildman–Crippen LogP) is 3.74. The van der Waals surface area contributed by atoms with Crippen LogP contribution in [0.1, 0.15) is 63.4 Å². The Morgan fingerprint density at radius 3 is 1.88 bits per heavy atom. The van der Waals surface area contributed by atoms with Gasteiger partial charge in [-0.3, -0.25) is 28.0 Å². The molecule has 0 aliphatic rings. The Bertz CT molecular complexity index is 1810. The molecule has 1 aromatic rings. The van der Waals surface area contributed by atoms with Gasteiger partial charge in [-0.05, 0) is 87.8 Å². The topological polar surface area (TPSA) is 270 Å². The number of anilines is 1. The van der Waals surface area contributed by atoms with Gasteiger partial charge in [0, 0.05) is 36.6 Å². The van der Waals surface area contributed by atoms with Gasteiger partial charge in [-0.15, -0.1) is 0 Å². The van der Waals surface area contributed by atoms with Crippen molar-refractivity contribution >= 4 is 57.8 Å². The van der Waals surface area contributed by atoms with Gasteiger partial charge in [0.1, 0.15) is 0 Å². The number of hydrogen-bond acceptors (Lipinski definition) is 11. The summed E-state index contributed by atoms with van der Waals surface area (Å²) < 4.78 is 127. The highest BCUT2D eigenvalue weighted by Crippen LogP contribution is 2.29. The van der Waals surface area contributed by atoms with Gasteiger partial charge in [0.15, 0.2) is 0 Å². The largest absolute Gasteiger partial charge is 0.481 e. The number of aryl methyl sites for hydroxylation is 1. The molecule has 0 radical (unpaired) electrons. The molecule has 5 N–H and O–H groups in total. The van der Waals surface area contributed by atoms with E-state index >= 15 is 0 Å². The number of hydrogen-bond donors (Lipinski definition) is 5. The highest BCUT2D eigenvalue weighted by molar-refractivity contribution is 7.86. The van der Waals surface area contributed by atoms with Crippen LogP contribution < -0.4 is 4.90 Å². The number of aliphatic carboxylic acids is 1. The molecule has 0 spiro atoms. The Kier molecular flexibility index (Phi) is 18.5. The van der Waals surface area contributed by atoms with Crippen LogP contribution in [0.3, 0.4) is 0 Å². The molecule has 0 unspecified atom stereocenters. The lowest BCUT2D eigenvalue weighted by Crippen LogP contribution is -2.25. The zero-order chi connectivity index (χ0) is 37.3. The molecule has 0 aliphatic carbocycles. The SMILES string of the molecule is Cc1cc(S(=O)(=O)O)ccc1N(CCCCCC(=O)O)/C(=C/C=C/C=C/C(CCCS(=O)(=O)O)=N\CCCS(=O)(=O)O)CCCS(=O)(=O)O. The lowest BCUT2D eigenvalue weighted by molar-refractivity contribution is -0.137. The summed E-state index contributed by atoms with van der Waals surface area (Å²) in [4.78, 5) is 16.7. The van der Waals surface area contributed by atoms with Crippen molar-refractivity contribution < 1.29 is 61.8 Å². The lowest BCUT2D eigenvalue weighted by Gasteiger charge is -2.29. The number of allylic oxidation sites excluding steroid dienone is 6. The maximum Gasteiger partial charge on any atom is 0.303 e. The van der Waals surface area contributed by atoms with Crippen molar-refractivity contribution in [1.82, 2.24) is 0 Å². The molecule has 16 nitrogen and oxygen atoms in total. The predicted molar refractivity (Wildman–Crippen MR) is 185 cm³/mol. The molecule has 278 valence electrons. The van der Waals surface area contributed by atoms with Crippen LogP contribution in [0, 0.1) is 6.92 Å². The van der Waals surface area contributed by atoms with Crippen molar-refractivity contribution in [3.05, 3.63) is 59.8 Å². The van der Waals surface area contributed by atoms with Crippen LogP contribution >= 0.6 is 0 Å². The molecule has 1 rings (SSSR count). The van der Waals surface area contributed by atoms with Crippen LogP contribution in [-0.4, -0.2) is 99.0 Å². The van der Waals surface area contributed by atoms with Crippen molar-refractivity contribution in [3.63, 3.8) is 0 Å². The summed E-state index contributed by atoms with van der Waals surface area (Å²) in [5, 5.41) is 8.97. The van der Waals surface area contributed by atoms with Crippen LogP contribution in [0.25, 0.3) is 0 Å². The number of rotatable bonds is 24. The summed E-state index contributed by atoms with van der Waals surface area (Å²) in [5.41, 5.74) is 1.94. The van der Waals surface area contributed by atoms with Crippen LogP contribution in [-0.2, 0) is 45.3 Å². The Balaban J connectivity index is 3.45. The molecule has 0 aliphatic heterocycles. The molecule has 0 fully saturated rings. The third kappa shape index (κ3) is 21.7. The van der Waals surface area contributed by atoms with Crippen LogP contribution in [0.5, 0.6) is 0 Å². The van der Waals surface area contributed by atoms with Crippen molar-refractivity contribution in [2.45, 2.75) is 69.6 Å². The van der Waals surface area contributed by atoms with Gasteiger partial charge in [0.25, 0.3) is 40.5 Å². The fourth-order valence-electron chi connectivity index (χ4n) is 4.49. The van der Waals surface area contributed by atoms with Gasteiger partial charge >= 0.3 is 5.97 Å². The monoisotopic (exact) mass is 772 g/mol. The van der Waals surface area contributed by atoms with Crippen molar-refractivity contribution in [2.75, 3.05) is 35.2 Å². The molecule has 0 heterocycles. The molecule has 1 aromatic carbocycles. The first-order chi connectivity index (χ1) is 22.6. The number of carboxylic acids is 1. The Morgan fingerprint density at radius 1 is 0.735 bits per heavy atom. The molecular formula is C29H44N2O14S4. The standard InChI is InChI=1S/C29H44N2O14S4/c1-24-23-27(49(43,44)45)16-17-28(24)31(19-7-3-6-15-29(32)33)26(14-9-21-47(37,38)39)13-5-2-4-11-25(12-8-20-46(34,35)36)30-18-10-22-48(40,41)42/h2,4-5,11,13,16-17,23H,3,6-10,12,14-15,18-22H2,1H3,(H,32,33)(H,34,35,36)(H,37,38,39)(H,40,41,42)(H,43,44,45)/b5-2+,11-4+,26-13+,30-25+. The first kappa shape index (κ1) is 44.0. The summed E-state index contributed by atoms with van der Waals surface area (Å²) in [6.07, 6.45) is 9.67. The highest BCUT2D eigenvalue weighted by Gasteiger charge is 2.18. The molecule has 0 bridgehead atoms. The zero-order valence-corrected chi connectivity index (χ0v) is 30.2. The minimum absolute atomic E-state index is 0.0107. The van der Waals surface area contributed by atoms with Crippen LogP contribution in [0.2, 0.25) is 0 Å². The van der Waals surface area contributed by atoms with Gasteiger partial charge in [-0.25, -0.2) is 0 Å². The number of unbranched alkanes of at least 4 members (excludes halogenated alkanes) is 2. The summed E-state index contributed by atoms with van der Waals surface area (Å²) in [5.74, 6) is -2.52. The van der Waals surface area contributed by atoms with E-state index in [1.54, 1.807) is 36.1 Å². The number of carboxylic acid groups (broad SMARTS) is 1. The number of aliphatic imine (C=N–C) groups is 1. The summed E-state index contributed by atoms with van der Waals surface area (Å²) in [7, 11) is -17.2. The van der Waals surface area contributed by atoms with Crippen molar-refractivity contribution in [2.24, 2.45) is 4.99 Å². The Morgan fingerprint density at radius 2 is 1.33 bits per heavy atom. The van der Waals surface area contributed by atoms with E-state index in [0.717, 1.165) is 0 Å². The summed E-state index contributed by atoms with van der Waals surface area (Å²) in [6.45, 7) is 1.96. The second-order valence-electron chi connectivity index (χ2n) is 11.0. The fraction of sp³-hybridized carbons (Fsp3) is 0.517. The highest BCUT2D eigenvalue weighted by atomic mass is 32.2. The number of benzene rings is 1. The average molecular weight is 773 g/mol. The van der Waals surface area contributed by atoms with E-state index in [0.29, 0.717) is 48.5 Å². The van der Waals surface area contributed by atoms with E-state index in [4.69, 9.17) is 14.2 Å². The second kappa shape index (κ2) is 20.6. The molecule has 20 heteroatoms. The van der Waals surface area contributed by atoms with Gasteiger partial charge in [-0.1, -0.05) is 24.6 Å². The van der Waals surface area contributed by atoms with Crippen molar-refractivity contribution in [3.8, 4) is 0 Å². The van der Waals surface area contributed by atoms with E-state index in [1.165, 1.54) is 24.3 Å². The quantitative estimate of drug-likeness (QED) is 0.0433. The maximum absolute atomic E-state index is 11.7. The summed E-state index contributed by atoms with van der Waals surface area (Å²) in [6, 6.07) is 3.96. The number of nitrogens with zero attached hydrogens (tertiary/aromatic N) is 2. The van der Waals surface area contributed by atoms with E-state index in [9.17, 15) is 47.6 Å². The molecule has 0 saturated heterocycles. The third-order valence-electron chi connectivity index (χ3n) is 6.72. The fourth-order valence-corrected chi connectivity index (χ4v) is 6.57. The van der Waals surface area contributed by atoms with Crippen LogP contribution in [0.4, 0.5) is 5.69 Å². The Hall–Kier alpha value is -2.98. The number of carbonyl (C=O) groups is 1. The first-order valence-corrected chi connectivity index (χ1v) is 21.3. The van der Waals surface area contributed by atoms with Crippen LogP contribution in [0.15, 0.2) is 64.2 Å². The Labute approximate surface area is 288 Å². The van der Waals surface area contributed by atoms with Gasteiger partial charge in [0.2, 0.25) is 0 Å². The molecule has 49 heavy (non-hydrogen) atoms. The van der Waals surface area contributed by atoms with E-state index in [2.05, 4.69) is 4.99 Å². The molecule has 0 atom stereocenters. The second-order valence-corrected chi connectivity index (χ2v) is 17.1. The average Bonchev–Trinajstić information content (AvgIpc) is 2.93. The minimum atomic E-state index is -4.50. The minimum Gasteiger partial charge on any atom is -0.481 e. The zero-order valence-electron chi connectivity index (χ0n) is 27.0.